The second-order valence-electron chi connectivity index (χ2n) is 3.34. The summed E-state index contributed by atoms with van der Waals surface area (Å²) in [6.07, 6.45) is 5.73. The van der Waals surface area contributed by atoms with Gasteiger partial charge in [-0.25, -0.2) is 0 Å². The van der Waals surface area contributed by atoms with Gasteiger partial charge in [-0.05, 0) is 25.0 Å². The SMILES string of the molecule is C=CCCCC(=O)c1ccnc(CN)c1. The number of nitrogens with zero attached hydrogens (tertiary/aromatic N) is 1. The fourth-order valence-electron chi connectivity index (χ4n) is 1.31. The van der Waals surface area contributed by atoms with Crippen LogP contribution >= 0.6 is 0 Å². The molecule has 0 amide bonds. The molecule has 3 nitrogen and oxygen atoms in total. The van der Waals surface area contributed by atoms with Gasteiger partial charge in [-0.1, -0.05) is 6.08 Å². The molecule has 0 aliphatic carbocycles. The summed E-state index contributed by atoms with van der Waals surface area (Å²) in [5.74, 6) is 0.147. The van der Waals surface area contributed by atoms with Gasteiger partial charge in [0.25, 0.3) is 0 Å². The molecule has 0 saturated carbocycles. The summed E-state index contributed by atoms with van der Waals surface area (Å²) in [6.45, 7) is 3.99. The number of allylic oxidation sites excluding steroid dienone is 1. The first-order valence-electron chi connectivity index (χ1n) is 5.07. The average molecular weight is 204 g/mol. The van der Waals surface area contributed by atoms with Crippen molar-refractivity contribution in [3.63, 3.8) is 0 Å². The van der Waals surface area contributed by atoms with Crippen LogP contribution in [0.5, 0.6) is 0 Å². The molecule has 0 radical (unpaired) electrons. The highest BCUT2D eigenvalue weighted by molar-refractivity contribution is 5.96. The summed E-state index contributed by atoms with van der Waals surface area (Å²) in [6, 6.07) is 3.49. The van der Waals surface area contributed by atoms with Crippen molar-refractivity contribution in [1.82, 2.24) is 4.98 Å². The second-order valence-corrected chi connectivity index (χ2v) is 3.34. The lowest BCUT2D eigenvalue weighted by atomic mass is 10.1. The zero-order valence-electron chi connectivity index (χ0n) is 8.78. The Morgan fingerprint density at radius 3 is 3.07 bits per heavy atom. The van der Waals surface area contributed by atoms with Gasteiger partial charge in [-0.3, -0.25) is 9.78 Å². The molecular formula is C12H16N2O. The zero-order chi connectivity index (χ0) is 11.1. The fraction of sp³-hybridized carbons (Fsp3) is 0.333. The van der Waals surface area contributed by atoms with Crippen molar-refractivity contribution in [3.8, 4) is 0 Å². The summed E-state index contributed by atoms with van der Waals surface area (Å²) < 4.78 is 0. The zero-order valence-corrected chi connectivity index (χ0v) is 8.78. The summed E-state index contributed by atoms with van der Waals surface area (Å²) in [7, 11) is 0. The van der Waals surface area contributed by atoms with Gasteiger partial charge in [0.05, 0.1) is 5.69 Å². The summed E-state index contributed by atoms with van der Waals surface area (Å²) >= 11 is 0. The minimum Gasteiger partial charge on any atom is -0.325 e. The molecule has 3 heteroatoms. The number of hydrogen-bond acceptors (Lipinski definition) is 3. The Morgan fingerprint density at radius 2 is 2.40 bits per heavy atom. The number of nitrogens with two attached hydrogens (primary N) is 1. The van der Waals surface area contributed by atoms with Crippen molar-refractivity contribution in [2.75, 3.05) is 0 Å². The van der Waals surface area contributed by atoms with Crippen LogP contribution in [0.2, 0.25) is 0 Å². The maximum Gasteiger partial charge on any atom is 0.163 e. The van der Waals surface area contributed by atoms with Crippen molar-refractivity contribution in [3.05, 3.63) is 42.2 Å². The second kappa shape index (κ2) is 6.09. The smallest absolute Gasteiger partial charge is 0.163 e. The van der Waals surface area contributed by atoms with E-state index in [0.29, 0.717) is 18.5 Å². The minimum absolute atomic E-state index is 0.147. The van der Waals surface area contributed by atoms with Crippen LogP contribution in [-0.2, 0) is 6.54 Å². The third-order valence-corrected chi connectivity index (χ3v) is 2.16. The first-order chi connectivity index (χ1) is 7.27. The molecule has 0 spiro atoms. The predicted octanol–water partition coefficient (Wildman–Crippen LogP) is 2.08. The maximum atomic E-state index is 11.7. The average Bonchev–Trinajstić information content (AvgIpc) is 2.29. The van der Waals surface area contributed by atoms with E-state index in [1.54, 1.807) is 18.3 Å². The molecule has 0 saturated heterocycles. The van der Waals surface area contributed by atoms with Crippen molar-refractivity contribution in [2.24, 2.45) is 5.73 Å². The van der Waals surface area contributed by atoms with E-state index in [1.165, 1.54) is 0 Å². The lowest BCUT2D eigenvalue weighted by Gasteiger charge is -2.01. The lowest BCUT2D eigenvalue weighted by molar-refractivity contribution is 0.0980. The van der Waals surface area contributed by atoms with Crippen LogP contribution < -0.4 is 5.73 Å². The molecule has 0 unspecified atom stereocenters. The molecule has 0 aromatic carbocycles. The molecule has 2 N–H and O–H groups in total. The van der Waals surface area contributed by atoms with Gasteiger partial charge in [0.1, 0.15) is 0 Å². The Balaban J connectivity index is 2.60. The van der Waals surface area contributed by atoms with Gasteiger partial charge >= 0.3 is 0 Å². The molecule has 1 aromatic heterocycles. The van der Waals surface area contributed by atoms with Crippen LogP contribution in [-0.4, -0.2) is 10.8 Å². The van der Waals surface area contributed by atoms with Gasteiger partial charge in [0.15, 0.2) is 5.78 Å². The first kappa shape index (κ1) is 11.6. The molecule has 0 aliphatic rings. The van der Waals surface area contributed by atoms with Gasteiger partial charge in [0.2, 0.25) is 0 Å². The molecule has 0 aliphatic heterocycles. The van der Waals surface area contributed by atoms with Crippen LogP contribution in [0, 0.1) is 0 Å². The van der Waals surface area contributed by atoms with Crippen molar-refractivity contribution >= 4 is 5.78 Å². The number of aromatic nitrogens is 1. The predicted molar refractivity (Wildman–Crippen MR) is 60.5 cm³/mol. The molecule has 1 heterocycles. The standard InChI is InChI=1S/C12H16N2O/c1-2-3-4-5-12(15)10-6-7-14-11(8-10)9-13/h2,6-8H,1,3-5,9,13H2. The Morgan fingerprint density at radius 1 is 1.60 bits per heavy atom. The molecule has 1 aromatic rings. The van der Waals surface area contributed by atoms with Gasteiger partial charge in [-0.15, -0.1) is 6.58 Å². The van der Waals surface area contributed by atoms with E-state index in [9.17, 15) is 4.79 Å². The number of hydrogen-bond donors (Lipinski definition) is 1. The van der Waals surface area contributed by atoms with E-state index < -0.39 is 0 Å². The van der Waals surface area contributed by atoms with Gasteiger partial charge < -0.3 is 5.73 Å². The number of carbonyl (C=O) groups is 1. The Hall–Kier alpha value is -1.48. The van der Waals surface area contributed by atoms with Crippen LogP contribution in [0.3, 0.4) is 0 Å². The summed E-state index contributed by atoms with van der Waals surface area (Å²) in [5, 5.41) is 0. The van der Waals surface area contributed by atoms with Gasteiger partial charge in [0, 0.05) is 24.7 Å². The molecule has 0 atom stereocenters. The van der Waals surface area contributed by atoms with Crippen molar-refractivity contribution in [2.45, 2.75) is 25.8 Å². The Kier molecular flexibility index (Phi) is 4.71. The number of rotatable bonds is 6. The number of carbonyl (C=O) groups excluding carboxylic acids is 1. The van der Waals surface area contributed by atoms with E-state index in [2.05, 4.69) is 11.6 Å². The maximum absolute atomic E-state index is 11.7. The highest BCUT2D eigenvalue weighted by Crippen LogP contribution is 2.08. The summed E-state index contributed by atoms with van der Waals surface area (Å²) in [4.78, 5) is 15.7. The largest absolute Gasteiger partial charge is 0.325 e. The summed E-state index contributed by atoms with van der Waals surface area (Å²) in [5.41, 5.74) is 6.91. The number of pyridine rings is 1. The third-order valence-electron chi connectivity index (χ3n) is 2.16. The monoisotopic (exact) mass is 204 g/mol. The molecule has 80 valence electrons. The number of unbranched alkanes of at least 4 members (excludes halogenated alkanes) is 1. The molecule has 0 bridgehead atoms. The van der Waals surface area contributed by atoms with Crippen molar-refractivity contribution in [1.29, 1.82) is 0 Å². The molecule has 1 rings (SSSR count). The normalized spacial score (nSPS) is 9.93. The van der Waals surface area contributed by atoms with E-state index in [1.807, 2.05) is 6.08 Å². The van der Waals surface area contributed by atoms with E-state index >= 15 is 0 Å². The van der Waals surface area contributed by atoms with E-state index in [0.717, 1.165) is 18.5 Å². The molecule has 0 fully saturated rings. The lowest BCUT2D eigenvalue weighted by Crippen LogP contribution is -2.04. The molecule has 15 heavy (non-hydrogen) atoms. The van der Waals surface area contributed by atoms with Crippen molar-refractivity contribution < 1.29 is 4.79 Å². The Bertz CT molecular complexity index is 347. The number of ketones is 1. The highest BCUT2D eigenvalue weighted by atomic mass is 16.1. The highest BCUT2D eigenvalue weighted by Gasteiger charge is 2.05. The quantitative estimate of drug-likeness (QED) is 0.438. The van der Waals surface area contributed by atoms with Gasteiger partial charge in [-0.2, -0.15) is 0 Å². The van der Waals surface area contributed by atoms with Crippen LogP contribution in [0.15, 0.2) is 31.0 Å². The topological polar surface area (TPSA) is 56.0 Å². The first-order valence-corrected chi connectivity index (χ1v) is 5.07. The fourth-order valence-corrected chi connectivity index (χ4v) is 1.31. The number of Topliss-reactive ketones (excluding diaryl/α,β-unsaturated/α-hetero) is 1. The van der Waals surface area contributed by atoms with Crippen LogP contribution in [0.25, 0.3) is 0 Å². The third kappa shape index (κ3) is 3.64. The minimum atomic E-state index is 0.147. The van der Waals surface area contributed by atoms with Crippen LogP contribution in [0.4, 0.5) is 0 Å². The molecular weight excluding hydrogens is 188 g/mol. The Labute approximate surface area is 90.0 Å². The van der Waals surface area contributed by atoms with E-state index in [-0.39, 0.29) is 5.78 Å². The van der Waals surface area contributed by atoms with Crippen LogP contribution in [0.1, 0.15) is 35.3 Å². The van der Waals surface area contributed by atoms with E-state index in [4.69, 9.17) is 5.73 Å².